The molecule has 0 aliphatic heterocycles. The van der Waals surface area contributed by atoms with Crippen molar-refractivity contribution in [2.75, 3.05) is 5.73 Å². The molecule has 4 rings (SSSR count). The highest BCUT2D eigenvalue weighted by atomic mass is 14.6. The first-order valence-electron chi connectivity index (χ1n) is 6.23. The van der Waals surface area contributed by atoms with Crippen molar-refractivity contribution in [3.8, 4) is 11.1 Å². The van der Waals surface area contributed by atoms with Crippen molar-refractivity contribution < 1.29 is 0 Å². The summed E-state index contributed by atoms with van der Waals surface area (Å²) in [5.41, 5.74) is 12.5. The summed E-state index contributed by atoms with van der Waals surface area (Å²) in [5, 5.41) is 2.47. The smallest absolute Gasteiger partial charge is 0.0400 e. The summed E-state index contributed by atoms with van der Waals surface area (Å²) in [4.78, 5) is 0. The Labute approximate surface area is 106 Å². The molecule has 0 heterocycles. The van der Waals surface area contributed by atoms with Crippen LogP contribution in [-0.4, -0.2) is 0 Å². The first kappa shape index (κ1) is 9.72. The van der Waals surface area contributed by atoms with Gasteiger partial charge in [-0.3, -0.25) is 0 Å². The lowest BCUT2D eigenvalue weighted by atomic mass is 9.98. The van der Waals surface area contributed by atoms with Crippen LogP contribution in [0, 0.1) is 0 Å². The van der Waals surface area contributed by atoms with E-state index in [0.717, 1.165) is 12.1 Å². The number of anilines is 1. The lowest BCUT2D eigenvalue weighted by Gasteiger charge is -2.08. The summed E-state index contributed by atoms with van der Waals surface area (Å²) in [5.74, 6) is 0. The van der Waals surface area contributed by atoms with Crippen molar-refractivity contribution in [1.29, 1.82) is 0 Å². The third-order valence-electron chi connectivity index (χ3n) is 3.86. The van der Waals surface area contributed by atoms with E-state index in [1.807, 2.05) is 6.07 Å². The fraction of sp³-hybridized carbons (Fsp3) is 0.0588. The highest BCUT2D eigenvalue weighted by molar-refractivity contribution is 6.02. The zero-order chi connectivity index (χ0) is 12.1. The van der Waals surface area contributed by atoms with E-state index in [4.69, 9.17) is 5.73 Å². The van der Waals surface area contributed by atoms with Crippen LogP contribution >= 0.6 is 0 Å². The number of fused-ring (bicyclic) bond motifs is 5. The highest BCUT2D eigenvalue weighted by Gasteiger charge is 2.20. The van der Waals surface area contributed by atoms with E-state index < -0.39 is 0 Å². The molecule has 3 aromatic rings. The van der Waals surface area contributed by atoms with Gasteiger partial charge in [-0.25, -0.2) is 0 Å². The van der Waals surface area contributed by atoms with Gasteiger partial charge < -0.3 is 5.73 Å². The monoisotopic (exact) mass is 231 g/mol. The fourth-order valence-electron chi connectivity index (χ4n) is 3.02. The quantitative estimate of drug-likeness (QED) is 0.455. The third-order valence-corrected chi connectivity index (χ3v) is 3.86. The lowest BCUT2D eigenvalue weighted by Crippen LogP contribution is -1.91. The standard InChI is InChI=1S/C17H13N/c18-17-10-16-12-6-2-1-5-11(12)9-15(16)13-7-3-4-8-14(13)17/h1-8,10H,9,18H2. The molecule has 18 heavy (non-hydrogen) atoms. The van der Waals surface area contributed by atoms with Crippen LogP contribution in [-0.2, 0) is 6.42 Å². The van der Waals surface area contributed by atoms with Crippen LogP contribution in [0.2, 0.25) is 0 Å². The van der Waals surface area contributed by atoms with Gasteiger partial charge in [0, 0.05) is 11.1 Å². The van der Waals surface area contributed by atoms with Crippen LogP contribution in [0.1, 0.15) is 11.1 Å². The van der Waals surface area contributed by atoms with Crippen LogP contribution in [0.25, 0.3) is 21.9 Å². The van der Waals surface area contributed by atoms with E-state index in [2.05, 4.69) is 48.5 Å². The Kier molecular flexibility index (Phi) is 1.81. The third kappa shape index (κ3) is 1.16. The fourth-order valence-corrected chi connectivity index (χ4v) is 3.02. The van der Waals surface area contributed by atoms with Gasteiger partial charge in [-0.2, -0.15) is 0 Å². The predicted octanol–water partition coefficient (Wildman–Crippen LogP) is 3.99. The van der Waals surface area contributed by atoms with E-state index in [9.17, 15) is 0 Å². The maximum atomic E-state index is 6.19. The topological polar surface area (TPSA) is 26.0 Å². The van der Waals surface area contributed by atoms with Gasteiger partial charge in [0.05, 0.1) is 0 Å². The zero-order valence-electron chi connectivity index (χ0n) is 9.98. The SMILES string of the molecule is Nc1cc2c(c3ccccc13)Cc1ccccc1-2. The Balaban J connectivity index is 2.14. The molecule has 2 N–H and O–H groups in total. The first-order chi connectivity index (χ1) is 8.84. The normalized spacial score (nSPS) is 12.4. The summed E-state index contributed by atoms with van der Waals surface area (Å²) in [6.07, 6.45) is 1.02. The van der Waals surface area contributed by atoms with Crippen molar-refractivity contribution in [3.05, 3.63) is 65.7 Å². The molecule has 86 valence electrons. The molecule has 0 radical (unpaired) electrons. The molecule has 0 unspecified atom stereocenters. The molecule has 0 saturated heterocycles. The molecule has 0 fully saturated rings. The number of hydrogen-bond acceptors (Lipinski definition) is 1. The van der Waals surface area contributed by atoms with Gasteiger partial charge >= 0.3 is 0 Å². The van der Waals surface area contributed by atoms with Gasteiger partial charge in [-0.05, 0) is 40.1 Å². The maximum absolute atomic E-state index is 6.19. The minimum atomic E-state index is 0.876. The van der Waals surface area contributed by atoms with Crippen molar-refractivity contribution in [3.63, 3.8) is 0 Å². The van der Waals surface area contributed by atoms with Gasteiger partial charge in [-0.1, -0.05) is 48.5 Å². The number of nitrogens with two attached hydrogens (primary N) is 1. The van der Waals surface area contributed by atoms with E-state index in [1.165, 1.54) is 33.0 Å². The Hall–Kier alpha value is -2.28. The molecule has 0 spiro atoms. The van der Waals surface area contributed by atoms with Gasteiger partial charge in [0.25, 0.3) is 0 Å². The highest BCUT2D eigenvalue weighted by Crippen LogP contribution is 2.42. The second-order valence-electron chi connectivity index (χ2n) is 4.87. The van der Waals surface area contributed by atoms with Crippen molar-refractivity contribution in [1.82, 2.24) is 0 Å². The van der Waals surface area contributed by atoms with E-state index in [0.29, 0.717) is 0 Å². The number of benzene rings is 3. The minimum Gasteiger partial charge on any atom is -0.398 e. The molecule has 1 heteroatoms. The molecular weight excluding hydrogens is 218 g/mol. The number of nitrogen functional groups attached to an aromatic ring is 1. The number of rotatable bonds is 0. The largest absolute Gasteiger partial charge is 0.398 e. The Morgan fingerprint density at radius 3 is 2.39 bits per heavy atom. The zero-order valence-corrected chi connectivity index (χ0v) is 9.98. The van der Waals surface area contributed by atoms with Gasteiger partial charge in [0.15, 0.2) is 0 Å². The molecule has 3 aromatic carbocycles. The van der Waals surface area contributed by atoms with Crippen LogP contribution in [0.5, 0.6) is 0 Å². The molecular formula is C17H13N. The van der Waals surface area contributed by atoms with Gasteiger partial charge in [0.1, 0.15) is 0 Å². The second kappa shape index (κ2) is 3.36. The summed E-state index contributed by atoms with van der Waals surface area (Å²) < 4.78 is 0. The summed E-state index contributed by atoms with van der Waals surface area (Å²) in [7, 11) is 0. The summed E-state index contributed by atoms with van der Waals surface area (Å²) in [6, 6.07) is 19.2. The van der Waals surface area contributed by atoms with Crippen molar-refractivity contribution in [2.24, 2.45) is 0 Å². The molecule has 0 amide bonds. The molecule has 1 aliphatic rings. The lowest BCUT2D eigenvalue weighted by molar-refractivity contribution is 1.28. The number of hydrogen-bond donors (Lipinski definition) is 1. The van der Waals surface area contributed by atoms with Gasteiger partial charge in [0.2, 0.25) is 0 Å². The van der Waals surface area contributed by atoms with Crippen molar-refractivity contribution in [2.45, 2.75) is 6.42 Å². The van der Waals surface area contributed by atoms with Crippen LogP contribution in [0.15, 0.2) is 54.6 Å². The minimum absolute atomic E-state index is 0.876. The van der Waals surface area contributed by atoms with Crippen LogP contribution in [0.4, 0.5) is 5.69 Å². The first-order valence-corrected chi connectivity index (χ1v) is 6.23. The Morgan fingerprint density at radius 1 is 0.778 bits per heavy atom. The average molecular weight is 231 g/mol. The Bertz CT molecular complexity index is 772. The van der Waals surface area contributed by atoms with Crippen LogP contribution < -0.4 is 5.73 Å². The molecule has 1 nitrogen and oxygen atoms in total. The molecule has 0 atom stereocenters. The van der Waals surface area contributed by atoms with E-state index in [-0.39, 0.29) is 0 Å². The maximum Gasteiger partial charge on any atom is 0.0400 e. The molecule has 0 saturated carbocycles. The van der Waals surface area contributed by atoms with E-state index >= 15 is 0 Å². The molecule has 0 bridgehead atoms. The Morgan fingerprint density at radius 2 is 1.50 bits per heavy atom. The van der Waals surface area contributed by atoms with E-state index in [1.54, 1.807) is 0 Å². The second-order valence-corrected chi connectivity index (χ2v) is 4.87. The van der Waals surface area contributed by atoms with Gasteiger partial charge in [-0.15, -0.1) is 0 Å². The summed E-state index contributed by atoms with van der Waals surface area (Å²) in [6.45, 7) is 0. The summed E-state index contributed by atoms with van der Waals surface area (Å²) >= 11 is 0. The van der Waals surface area contributed by atoms with Crippen LogP contribution in [0.3, 0.4) is 0 Å². The molecule has 0 aromatic heterocycles. The predicted molar refractivity (Wildman–Crippen MR) is 76.6 cm³/mol. The van der Waals surface area contributed by atoms with Crippen molar-refractivity contribution >= 4 is 16.5 Å². The molecule has 1 aliphatic carbocycles. The average Bonchev–Trinajstić information content (AvgIpc) is 2.78.